The monoisotopic (exact) mass is 346 g/mol. The van der Waals surface area contributed by atoms with Crippen LogP contribution in [-0.4, -0.2) is 34.0 Å². The Balaban J connectivity index is 2.07. The second-order valence-electron chi connectivity index (χ2n) is 5.54. The number of aryl methyl sites for hydroxylation is 1. The van der Waals surface area contributed by atoms with E-state index < -0.39 is 16.1 Å². The maximum absolute atomic E-state index is 13.1. The van der Waals surface area contributed by atoms with Gasteiger partial charge in [0.05, 0.1) is 17.1 Å². The first kappa shape index (κ1) is 16.3. The molecule has 0 fully saturated rings. The third-order valence-electron chi connectivity index (χ3n) is 3.88. The molecular weight excluding hydrogens is 328 g/mol. The fourth-order valence-corrected chi connectivity index (χ4v) is 4.04. The molecule has 0 bridgehead atoms. The van der Waals surface area contributed by atoms with Crippen LogP contribution < -0.4 is 14.4 Å². The topological polar surface area (TPSA) is 75.7 Å². The predicted octanol–water partition coefficient (Wildman–Crippen LogP) is 1.70. The van der Waals surface area contributed by atoms with Crippen LogP contribution in [-0.2, 0) is 14.8 Å². The van der Waals surface area contributed by atoms with Gasteiger partial charge in [0.1, 0.15) is 5.75 Å². The number of nitrogens with zero attached hydrogens (tertiary/aromatic N) is 1. The van der Waals surface area contributed by atoms with E-state index in [-0.39, 0.29) is 17.3 Å². The number of para-hydroxylation sites is 2. The molecule has 7 heteroatoms. The molecule has 1 atom stereocenters. The number of ether oxygens (including phenoxy) is 1. The van der Waals surface area contributed by atoms with E-state index in [2.05, 4.69) is 5.32 Å². The number of hydrogen-bond acceptors (Lipinski definition) is 4. The molecule has 0 radical (unpaired) electrons. The summed E-state index contributed by atoms with van der Waals surface area (Å²) in [7, 11) is -2.30. The predicted molar refractivity (Wildman–Crippen MR) is 90.6 cm³/mol. The van der Waals surface area contributed by atoms with E-state index in [1.54, 1.807) is 48.5 Å². The number of rotatable bonds is 3. The number of fused-ring (bicyclic) bond motifs is 1. The molecule has 1 heterocycles. The molecule has 0 saturated heterocycles. The lowest BCUT2D eigenvalue weighted by Gasteiger charge is -2.34. The lowest BCUT2D eigenvalue weighted by atomic mass is 10.2. The summed E-state index contributed by atoms with van der Waals surface area (Å²) in [4.78, 5) is 12.2. The van der Waals surface area contributed by atoms with E-state index in [1.807, 2.05) is 6.92 Å². The minimum atomic E-state index is -3.79. The summed E-state index contributed by atoms with van der Waals surface area (Å²) in [6.07, 6.45) is -0.898. The molecule has 6 nitrogen and oxygen atoms in total. The largest absolute Gasteiger partial charge is 0.476 e. The van der Waals surface area contributed by atoms with Crippen LogP contribution in [0.3, 0.4) is 0 Å². The van der Waals surface area contributed by atoms with E-state index in [9.17, 15) is 13.2 Å². The van der Waals surface area contributed by atoms with Crippen molar-refractivity contribution in [1.82, 2.24) is 5.32 Å². The van der Waals surface area contributed by atoms with Crippen LogP contribution in [0.2, 0.25) is 0 Å². The van der Waals surface area contributed by atoms with Gasteiger partial charge in [0.15, 0.2) is 6.10 Å². The fraction of sp³-hybridized carbons (Fsp3) is 0.235. The second kappa shape index (κ2) is 6.16. The summed E-state index contributed by atoms with van der Waals surface area (Å²) >= 11 is 0. The van der Waals surface area contributed by atoms with E-state index in [1.165, 1.54) is 11.4 Å². The average molecular weight is 346 g/mol. The fourth-order valence-electron chi connectivity index (χ4n) is 2.56. The Morgan fingerprint density at radius 1 is 1.17 bits per heavy atom. The highest BCUT2D eigenvalue weighted by Crippen LogP contribution is 2.36. The summed E-state index contributed by atoms with van der Waals surface area (Å²) in [6, 6.07) is 13.4. The highest BCUT2D eigenvalue weighted by molar-refractivity contribution is 7.92. The Hall–Kier alpha value is -2.54. The zero-order valence-corrected chi connectivity index (χ0v) is 14.2. The quantitative estimate of drug-likeness (QED) is 0.918. The molecule has 3 rings (SSSR count). The Labute approximate surface area is 141 Å². The zero-order chi connectivity index (χ0) is 17.3. The molecule has 2 aromatic carbocycles. The summed E-state index contributed by atoms with van der Waals surface area (Å²) in [6.45, 7) is 1.81. The normalized spacial score (nSPS) is 16.9. The zero-order valence-electron chi connectivity index (χ0n) is 13.4. The molecule has 0 spiro atoms. The standard InChI is InChI=1S/C17H18N2O4S/c1-12-7-9-13(10-8-12)24(21,22)19-11-16(17(20)18-2)23-15-6-4-3-5-14(15)19/h3-10,16H,11H2,1-2H3,(H,18,20)/t16-/m0/s1. The second-order valence-corrected chi connectivity index (χ2v) is 7.40. The number of benzene rings is 2. The number of carbonyl (C=O) groups is 1. The van der Waals surface area contributed by atoms with Gasteiger partial charge in [-0.05, 0) is 31.2 Å². The number of sulfonamides is 1. The van der Waals surface area contributed by atoms with E-state index in [0.717, 1.165) is 5.56 Å². The third-order valence-corrected chi connectivity index (χ3v) is 5.68. The maximum Gasteiger partial charge on any atom is 0.264 e. The average Bonchev–Trinajstić information content (AvgIpc) is 2.60. The van der Waals surface area contributed by atoms with Crippen molar-refractivity contribution < 1.29 is 17.9 Å². The molecule has 2 aromatic rings. The molecule has 24 heavy (non-hydrogen) atoms. The van der Waals surface area contributed by atoms with Crippen molar-refractivity contribution in [3.8, 4) is 5.75 Å². The van der Waals surface area contributed by atoms with Gasteiger partial charge in [-0.3, -0.25) is 9.10 Å². The van der Waals surface area contributed by atoms with Gasteiger partial charge in [0.2, 0.25) is 0 Å². The van der Waals surface area contributed by atoms with Crippen LogP contribution in [0.5, 0.6) is 5.75 Å². The van der Waals surface area contributed by atoms with Gasteiger partial charge in [-0.2, -0.15) is 0 Å². The van der Waals surface area contributed by atoms with Crippen LogP contribution in [0.4, 0.5) is 5.69 Å². The minimum Gasteiger partial charge on any atom is -0.476 e. The van der Waals surface area contributed by atoms with Crippen molar-refractivity contribution >= 4 is 21.6 Å². The van der Waals surface area contributed by atoms with Gasteiger partial charge in [0.25, 0.3) is 15.9 Å². The highest BCUT2D eigenvalue weighted by Gasteiger charge is 2.37. The van der Waals surface area contributed by atoms with Crippen molar-refractivity contribution in [1.29, 1.82) is 0 Å². The molecule has 1 aliphatic heterocycles. The van der Waals surface area contributed by atoms with Gasteiger partial charge in [-0.15, -0.1) is 0 Å². The van der Waals surface area contributed by atoms with Gasteiger partial charge < -0.3 is 10.1 Å². The molecule has 0 aliphatic carbocycles. The van der Waals surface area contributed by atoms with Crippen molar-refractivity contribution in [2.24, 2.45) is 0 Å². The maximum atomic E-state index is 13.1. The first-order valence-corrected chi connectivity index (χ1v) is 8.94. The van der Waals surface area contributed by atoms with E-state index >= 15 is 0 Å². The number of amides is 1. The number of anilines is 1. The van der Waals surface area contributed by atoms with Crippen molar-refractivity contribution in [2.45, 2.75) is 17.9 Å². The summed E-state index contributed by atoms with van der Waals surface area (Å²) in [5, 5.41) is 2.50. The van der Waals surface area contributed by atoms with Gasteiger partial charge >= 0.3 is 0 Å². The SMILES string of the molecule is CNC(=O)[C@@H]1CN(S(=O)(=O)c2ccc(C)cc2)c2ccccc2O1. The Kier molecular flexibility index (Phi) is 4.19. The molecule has 1 N–H and O–H groups in total. The molecule has 0 unspecified atom stereocenters. The number of carbonyl (C=O) groups excluding carboxylic acids is 1. The molecule has 1 aliphatic rings. The summed E-state index contributed by atoms with van der Waals surface area (Å²) < 4.78 is 33.0. The lowest BCUT2D eigenvalue weighted by molar-refractivity contribution is -0.127. The van der Waals surface area contributed by atoms with Gasteiger partial charge in [-0.25, -0.2) is 8.42 Å². The molecule has 126 valence electrons. The first-order chi connectivity index (χ1) is 11.4. The summed E-state index contributed by atoms with van der Waals surface area (Å²) in [5.41, 5.74) is 1.40. The molecular formula is C17H18N2O4S. The van der Waals surface area contributed by atoms with E-state index in [0.29, 0.717) is 11.4 Å². The van der Waals surface area contributed by atoms with Crippen LogP contribution in [0.25, 0.3) is 0 Å². The van der Waals surface area contributed by atoms with Gasteiger partial charge in [-0.1, -0.05) is 29.8 Å². The van der Waals surface area contributed by atoms with Crippen molar-refractivity contribution in [3.05, 3.63) is 54.1 Å². The Morgan fingerprint density at radius 3 is 2.50 bits per heavy atom. The minimum absolute atomic E-state index is 0.0765. The van der Waals surface area contributed by atoms with Crippen LogP contribution >= 0.6 is 0 Å². The number of nitrogens with one attached hydrogen (secondary N) is 1. The van der Waals surface area contributed by atoms with Crippen LogP contribution in [0, 0.1) is 6.92 Å². The smallest absolute Gasteiger partial charge is 0.264 e. The van der Waals surface area contributed by atoms with E-state index in [4.69, 9.17) is 4.74 Å². The lowest BCUT2D eigenvalue weighted by Crippen LogP contribution is -2.50. The molecule has 0 aromatic heterocycles. The Morgan fingerprint density at radius 2 is 1.83 bits per heavy atom. The Bertz CT molecular complexity index is 862. The van der Waals surface area contributed by atoms with Crippen LogP contribution in [0.1, 0.15) is 5.56 Å². The van der Waals surface area contributed by atoms with Crippen LogP contribution in [0.15, 0.2) is 53.4 Å². The first-order valence-electron chi connectivity index (χ1n) is 7.50. The van der Waals surface area contributed by atoms with Crippen molar-refractivity contribution in [3.63, 3.8) is 0 Å². The molecule has 0 saturated carbocycles. The summed E-state index contributed by atoms with van der Waals surface area (Å²) in [5.74, 6) is 0.00152. The highest BCUT2D eigenvalue weighted by atomic mass is 32.2. The number of likely N-dealkylation sites (N-methyl/N-ethyl adjacent to an activating group) is 1. The van der Waals surface area contributed by atoms with Gasteiger partial charge in [0, 0.05) is 7.05 Å². The van der Waals surface area contributed by atoms with Crippen molar-refractivity contribution in [2.75, 3.05) is 17.9 Å². The third kappa shape index (κ3) is 2.82. The molecule has 1 amide bonds. The number of hydrogen-bond donors (Lipinski definition) is 1.